The van der Waals surface area contributed by atoms with Gasteiger partial charge in [0, 0.05) is 26.1 Å². The van der Waals surface area contributed by atoms with Crippen LogP contribution in [0.25, 0.3) is 5.57 Å². The Balaban J connectivity index is 2.02. The van der Waals surface area contributed by atoms with Crippen molar-refractivity contribution in [3.05, 3.63) is 41.2 Å². The van der Waals surface area contributed by atoms with Gasteiger partial charge in [0.1, 0.15) is 11.4 Å². The molecule has 0 fully saturated rings. The summed E-state index contributed by atoms with van der Waals surface area (Å²) in [5.41, 5.74) is 1.67. The Morgan fingerprint density at radius 3 is 2.73 bits per heavy atom. The smallest absolute Gasteiger partial charge is 0.410 e. The number of halogens is 1. The average molecular weight is 359 g/mol. The lowest BCUT2D eigenvalue weighted by Gasteiger charge is -2.29. The summed E-state index contributed by atoms with van der Waals surface area (Å²) < 4.78 is 19.6. The molecule has 0 atom stereocenters. The number of benzene rings is 1. The minimum absolute atomic E-state index is 0.0879. The van der Waals surface area contributed by atoms with Gasteiger partial charge in [-0.1, -0.05) is 24.0 Å². The van der Waals surface area contributed by atoms with Gasteiger partial charge in [-0.15, -0.1) is 0 Å². The van der Waals surface area contributed by atoms with Gasteiger partial charge in [-0.05, 0) is 56.9 Å². The number of aliphatic hydroxyl groups is 1. The largest absolute Gasteiger partial charge is 0.444 e. The van der Waals surface area contributed by atoms with Crippen LogP contribution < -0.4 is 0 Å². The van der Waals surface area contributed by atoms with Crippen molar-refractivity contribution >= 4 is 11.7 Å². The molecule has 1 amide bonds. The van der Waals surface area contributed by atoms with Crippen LogP contribution >= 0.6 is 0 Å². The van der Waals surface area contributed by atoms with Gasteiger partial charge >= 0.3 is 6.09 Å². The monoisotopic (exact) mass is 359 g/mol. The molecular formula is C21H26FNO3. The van der Waals surface area contributed by atoms with E-state index in [-0.39, 0.29) is 18.5 Å². The van der Waals surface area contributed by atoms with Crippen molar-refractivity contribution < 1.29 is 19.0 Å². The van der Waals surface area contributed by atoms with Gasteiger partial charge in [-0.3, -0.25) is 0 Å². The highest BCUT2D eigenvalue weighted by Crippen LogP contribution is 2.25. The molecule has 0 saturated carbocycles. The summed E-state index contributed by atoms with van der Waals surface area (Å²) in [6.45, 7) is 6.61. The lowest BCUT2D eigenvalue weighted by molar-refractivity contribution is 0.0270. The van der Waals surface area contributed by atoms with Crippen LogP contribution in [0.15, 0.2) is 24.3 Å². The maximum atomic E-state index is 14.2. The van der Waals surface area contributed by atoms with Crippen molar-refractivity contribution in [1.82, 2.24) is 4.90 Å². The molecule has 0 radical (unpaired) electrons. The Bertz CT molecular complexity index is 738. The van der Waals surface area contributed by atoms with Crippen molar-refractivity contribution in [1.29, 1.82) is 0 Å². The Morgan fingerprint density at radius 1 is 1.38 bits per heavy atom. The number of rotatable bonds is 3. The van der Waals surface area contributed by atoms with Gasteiger partial charge in [-0.25, -0.2) is 9.18 Å². The summed E-state index contributed by atoms with van der Waals surface area (Å²) in [5, 5.41) is 8.73. The van der Waals surface area contributed by atoms with Crippen LogP contribution in [0.2, 0.25) is 0 Å². The second kappa shape index (κ2) is 8.86. The quantitative estimate of drug-likeness (QED) is 0.656. The number of carbonyl (C=O) groups is 1. The second-order valence-corrected chi connectivity index (χ2v) is 7.23. The normalized spacial score (nSPS) is 14.3. The van der Waals surface area contributed by atoms with E-state index < -0.39 is 5.60 Å². The molecule has 0 saturated heterocycles. The Morgan fingerprint density at radius 2 is 2.15 bits per heavy atom. The second-order valence-electron chi connectivity index (χ2n) is 7.23. The van der Waals surface area contributed by atoms with Crippen LogP contribution in [0.4, 0.5) is 9.18 Å². The predicted octanol–water partition coefficient (Wildman–Crippen LogP) is 3.97. The van der Waals surface area contributed by atoms with Crippen molar-refractivity contribution in [2.45, 2.75) is 45.6 Å². The zero-order chi connectivity index (χ0) is 19.2. The molecule has 1 aliphatic rings. The number of unbranched alkanes of at least 4 members (excludes halogenated alkanes) is 1. The third-order valence-corrected chi connectivity index (χ3v) is 3.88. The van der Waals surface area contributed by atoms with Gasteiger partial charge in [0.25, 0.3) is 0 Å². The first kappa shape index (κ1) is 20.0. The summed E-state index contributed by atoms with van der Waals surface area (Å²) in [5.74, 6) is 5.30. The number of hydrogen-bond donors (Lipinski definition) is 1. The van der Waals surface area contributed by atoms with Gasteiger partial charge < -0.3 is 14.7 Å². The molecule has 2 rings (SSSR count). The third kappa shape index (κ3) is 5.89. The summed E-state index contributed by atoms with van der Waals surface area (Å²) in [6.07, 6.45) is 3.40. The van der Waals surface area contributed by atoms with Gasteiger partial charge in [0.05, 0.1) is 5.56 Å². The molecule has 5 heteroatoms. The summed E-state index contributed by atoms with van der Waals surface area (Å²) >= 11 is 0. The van der Waals surface area contributed by atoms with E-state index in [4.69, 9.17) is 9.84 Å². The fourth-order valence-corrected chi connectivity index (χ4v) is 2.57. The first-order valence-corrected chi connectivity index (χ1v) is 8.87. The highest BCUT2D eigenvalue weighted by Gasteiger charge is 2.24. The number of ether oxygens (including phenoxy) is 1. The highest BCUT2D eigenvalue weighted by molar-refractivity contribution is 5.73. The molecule has 1 aromatic rings. The van der Waals surface area contributed by atoms with Gasteiger partial charge in [0.15, 0.2) is 0 Å². The van der Waals surface area contributed by atoms with E-state index in [1.807, 2.05) is 32.9 Å². The highest BCUT2D eigenvalue weighted by atomic mass is 19.1. The SMILES string of the molecule is CC(C)(C)OC(=O)N1CC=C(c2ccc(C#CCCCO)c(F)c2)CC1. The summed E-state index contributed by atoms with van der Waals surface area (Å²) in [4.78, 5) is 13.7. The molecule has 1 heterocycles. The summed E-state index contributed by atoms with van der Waals surface area (Å²) in [6, 6.07) is 5.02. The molecule has 4 nitrogen and oxygen atoms in total. The molecule has 1 N–H and O–H groups in total. The first-order valence-electron chi connectivity index (χ1n) is 8.87. The van der Waals surface area contributed by atoms with Crippen molar-refractivity contribution in [3.8, 4) is 11.8 Å². The Labute approximate surface area is 154 Å². The van der Waals surface area contributed by atoms with E-state index in [0.29, 0.717) is 37.9 Å². The van der Waals surface area contributed by atoms with Crippen LogP contribution in [-0.4, -0.2) is 41.4 Å². The number of nitrogens with zero attached hydrogens (tertiary/aromatic N) is 1. The lowest BCUT2D eigenvalue weighted by Crippen LogP contribution is -2.39. The van der Waals surface area contributed by atoms with E-state index in [2.05, 4.69) is 11.8 Å². The molecule has 140 valence electrons. The summed E-state index contributed by atoms with van der Waals surface area (Å²) in [7, 11) is 0. The average Bonchev–Trinajstić information content (AvgIpc) is 2.58. The van der Waals surface area contributed by atoms with Gasteiger partial charge in [0.2, 0.25) is 0 Å². The minimum atomic E-state index is -0.516. The van der Waals surface area contributed by atoms with Crippen LogP contribution in [0.5, 0.6) is 0 Å². The fourth-order valence-electron chi connectivity index (χ4n) is 2.57. The molecule has 1 aliphatic heterocycles. The van der Waals surface area contributed by atoms with E-state index in [1.165, 1.54) is 6.07 Å². The molecule has 0 aromatic heterocycles. The molecule has 0 aliphatic carbocycles. The van der Waals surface area contributed by atoms with E-state index in [9.17, 15) is 9.18 Å². The van der Waals surface area contributed by atoms with Crippen molar-refractivity contribution in [3.63, 3.8) is 0 Å². The zero-order valence-electron chi connectivity index (χ0n) is 15.6. The molecule has 0 unspecified atom stereocenters. The van der Waals surface area contributed by atoms with E-state index in [1.54, 1.807) is 11.0 Å². The van der Waals surface area contributed by atoms with E-state index >= 15 is 0 Å². The van der Waals surface area contributed by atoms with E-state index in [0.717, 1.165) is 11.1 Å². The number of hydrogen-bond acceptors (Lipinski definition) is 3. The van der Waals surface area contributed by atoms with Crippen LogP contribution in [0.1, 0.15) is 51.2 Å². The van der Waals surface area contributed by atoms with Crippen molar-refractivity contribution in [2.75, 3.05) is 19.7 Å². The maximum absolute atomic E-state index is 14.2. The number of aliphatic hydroxyl groups excluding tert-OH is 1. The Hall–Kier alpha value is -2.32. The lowest BCUT2D eigenvalue weighted by atomic mass is 9.98. The first-order chi connectivity index (χ1) is 12.3. The molecular weight excluding hydrogens is 333 g/mol. The van der Waals surface area contributed by atoms with Crippen LogP contribution in [-0.2, 0) is 4.74 Å². The third-order valence-electron chi connectivity index (χ3n) is 3.88. The number of carbonyl (C=O) groups excluding carboxylic acids is 1. The molecule has 0 spiro atoms. The predicted molar refractivity (Wildman–Crippen MR) is 100.0 cm³/mol. The molecule has 0 bridgehead atoms. The number of amides is 1. The zero-order valence-corrected chi connectivity index (χ0v) is 15.6. The minimum Gasteiger partial charge on any atom is -0.444 e. The topological polar surface area (TPSA) is 49.8 Å². The molecule has 26 heavy (non-hydrogen) atoms. The fraction of sp³-hybridized carbons (Fsp3) is 0.476. The van der Waals surface area contributed by atoms with Crippen LogP contribution in [0, 0.1) is 17.7 Å². The Kier molecular flexibility index (Phi) is 6.82. The van der Waals surface area contributed by atoms with Crippen molar-refractivity contribution in [2.24, 2.45) is 0 Å². The maximum Gasteiger partial charge on any atom is 0.410 e. The van der Waals surface area contributed by atoms with Crippen LogP contribution in [0.3, 0.4) is 0 Å². The molecule has 1 aromatic carbocycles. The van der Waals surface area contributed by atoms with Gasteiger partial charge in [-0.2, -0.15) is 0 Å². The standard InChI is InChI=1S/C21H26FNO3/c1-21(2,3)26-20(25)23-12-10-16(11-13-23)18-9-8-17(19(22)15-18)7-5-4-6-14-24/h8-10,15,24H,4,6,11-14H2,1-3H3.